The van der Waals surface area contributed by atoms with E-state index in [-0.39, 0.29) is 24.0 Å². The van der Waals surface area contributed by atoms with Crippen LogP contribution >= 0.6 is 24.0 Å². The summed E-state index contributed by atoms with van der Waals surface area (Å²) in [7, 11) is 3.95. The number of aryl methyl sites for hydroxylation is 2. The molecule has 2 rings (SSSR count). The van der Waals surface area contributed by atoms with Crippen LogP contribution in [-0.2, 0) is 19.4 Å². The lowest BCUT2D eigenvalue weighted by atomic mass is 10.2. The molecular weight excluding hydrogens is 415 g/mol. The van der Waals surface area contributed by atoms with Crippen molar-refractivity contribution in [1.82, 2.24) is 25.0 Å². The zero-order chi connectivity index (χ0) is 16.5. The van der Waals surface area contributed by atoms with E-state index >= 15 is 0 Å². The van der Waals surface area contributed by atoms with E-state index in [4.69, 9.17) is 0 Å². The van der Waals surface area contributed by atoms with E-state index in [0.29, 0.717) is 0 Å². The molecule has 1 aromatic heterocycles. The number of hydrogen-bond donors (Lipinski definition) is 1. The third-order valence-corrected chi connectivity index (χ3v) is 4.47. The topological polar surface area (TPSA) is 58.3 Å². The second-order valence-electron chi connectivity index (χ2n) is 6.35. The minimum Gasteiger partial charge on any atom is -0.356 e. The molecule has 1 aliphatic rings. The smallest absolute Gasteiger partial charge is 0.193 e. The molecule has 0 spiro atoms. The minimum atomic E-state index is 0. The molecule has 0 unspecified atom stereocenters. The summed E-state index contributed by atoms with van der Waals surface area (Å²) in [5, 5.41) is 12.2. The highest BCUT2D eigenvalue weighted by molar-refractivity contribution is 14.0. The van der Waals surface area contributed by atoms with Gasteiger partial charge in [0, 0.05) is 46.6 Å². The van der Waals surface area contributed by atoms with Crippen LogP contribution in [0.15, 0.2) is 4.99 Å². The van der Waals surface area contributed by atoms with Crippen LogP contribution in [0.5, 0.6) is 0 Å². The standard InChI is InChI=1S/C17H32N6.HI/c1-4-5-13-22(3)17(18-2)19-12-9-11-16-21-20-15-10-7-6-8-14-23(15)16;/h4-14H2,1-3H3,(H,18,19);1H. The molecule has 6 nitrogen and oxygen atoms in total. The summed E-state index contributed by atoms with van der Waals surface area (Å²) in [6.07, 6.45) is 9.34. The van der Waals surface area contributed by atoms with Crippen molar-refractivity contribution in [3.8, 4) is 0 Å². The van der Waals surface area contributed by atoms with Crippen LogP contribution in [-0.4, -0.2) is 52.8 Å². The third-order valence-electron chi connectivity index (χ3n) is 4.47. The van der Waals surface area contributed by atoms with E-state index in [1.807, 2.05) is 7.05 Å². The molecule has 0 aromatic carbocycles. The molecule has 2 heterocycles. The van der Waals surface area contributed by atoms with Crippen molar-refractivity contribution in [2.45, 2.75) is 64.8 Å². The van der Waals surface area contributed by atoms with Gasteiger partial charge in [0.15, 0.2) is 5.96 Å². The lowest BCUT2D eigenvalue weighted by molar-refractivity contribution is 0.463. The number of halogens is 1. The van der Waals surface area contributed by atoms with Crippen LogP contribution in [0.4, 0.5) is 0 Å². The van der Waals surface area contributed by atoms with E-state index in [9.17, 15) is 0 Å². The van der Waals surface area contributed by atoms with Gasteiger partial charge >= 0.3 is 0 Å². The van der Waals surface area contributed by atoms with Crippen LogP contribution in [0.3, 0.4) is 0 Å². The van der Waals surface area contributed by atoms with E-state index < -0.39 is 0 Å². The highest BCUT2D eigenvalue weighted by atomic mass is 127. The van der Waals surface area contributed by atoms with Gasteiger partial charge in [-0.05, 0) is 25.7 Å². The summed E-state index contributed by atoms with van der Waals surface area (Å²) >= 11 is 0. The van der Waals surface area contributed by atoms with Crippen molar-refractivity contribution in [2.24, 2.45) is 4.99 Å². The van der Waals surface area contributed by atoms with Crippen molar-refractivity contribution in [1.29, 1.82) is 0 Å². The quantitative estimate of drug-likeness (QED) is 0.302. The first kappa shape index (κ1) is 21.2. The molecule has 0 aliphatic carbocycles. The second-order valence-corrected chi connectivity index (χ2v) is 6.35. The van der Waals surface area contributed by atoms with Gasteiger partial charge in [-0.1, -0.05) is 19.8 Å². The maximum absolute atomic E-state index is 4.40. The second kappa shape index (κ2) is 11.7. The molecule has 0 saturated carbocycles. The average molecular weight is 448 g/mol. The molecule has 1 N–H and O–H groups in total. The van der Waals surface area contributed by atoms with E-state index in [1.54, 1.807) is 0 Å². The number of aromatic nitrogens is 3. The lowest BCUT2D eigenvalue weighted by Crippen LogP contribution is -2.39. The van der Waals surface area contributed by atoms with E-state index in [2.05, 4.69) is 43.9 Å². The first-order valence-electron chi connectivity index (χ1n) is 9.09. The van der Waals surface area contributed by atoms with Crippen LogP contribution in [0.1, 0.15) is 57.1 Å². The Balaban J connectivity index is 0.00000288. The first-order chi connectivity index (χ1) is 11.3. The minimum absolute atomic E-state index is 0. The van der Waals surface area contributed by atoms with Crippen molar-refractivity contribution >= 4 is 29.9 Å². The predicted octanol–water partition coefficient (Wildman–Crippen LogP) is 2.86. The Morgan fingerprint density at radius 1 is 1.25 bits per heavy atom. The van der Waals surface area contributed by atoms with Gasteiger partial charge < -0.3 is 14.8 Å². The summed E-state index contributed by atoms with van der Waals surface area (Å²) in [6.45, 7) is 5.28. The monoisotopic (exact) mass is 448 g/mol. The molecule has 0 fully saturated rings. The van der Waals surface area contributed by atoms with Gasteiger partial charge in [-0.3, -0.25) is 4.99 Å². The average Bonchev–Trinajstić information content (AvgIpc) is 2.79. The number of nitrogens with one attached hydrogen (secondary N) is 1. The van der Waals surface area contributed by atoms with Gasteiger partial charge in [0.25, 0.3) is 0 Å². The van der Waals surface area contributed by atoms with Crippen LogP contribution in [0.2, 0.25) is 0 Å². The Morgan fingerprint density at radius 3 is 2.83 bits per heavy atom. The number of aliphatic imine (C=N–C) groups is 1. The van der Waals surface area contributed by atoms with Crippen molar-refractivity contribution in [3.63, 3.8) is 0 Å². The first-order valence-corrected chi connectivity index (χ1v) is 9.09. The zero-order valence-electron chi connectivity index (χ0n) is 15.4. The summed E-state index contributed by atoms with van der Waals surface area (Å²) in [6, 6.07) is 0. The molecule has 0 atom stereocenters. The van der Waals surface area contributed by atoms with Gasteiger partial charge in [0.2, 0.25) is 0 Å². The Morgan fingerprint density at radius 2 is 2.08 bits per heavy atom. The molecular formula is C17H33IN6. The number of hydrogen-bond acceptors (Lipinski definition) is 3. The third kappa shape index (κ3) is 6.22. The van der Waals surface area contributed by atoms with Crippen LogP contribution in [0.25, 0.3) is 0 Å². The molecule has 1 aliphatic heterocycles. The predicted molar refractivity (Wildman–Crippen MR) is 110 cm³/mol. The van der Waals surface area contributed by atoms with Crippen molar-refractivity contribution < 1.29 is 0 Å². The lowest BCUT2D eigenvalue weighted by Gasteiger charge is -2.21. The number of fused-ring (bicyclic) bond motifs is 1. The summed E-state index contributed by atoms with van der Waals surface area (Å²) in [5.41, 5.74) is 0. The number of unbranched alkanes of at least 4 members (excludes halogenated alkanes) is 1. The molecule has 138 valence electrons. The van der Waals surface area contributed by atoms with Crippen molar-refractivity contribution in [2.75, 3.05) is 27.2 Å². The Labute approximate surface area is 163 Å². The summed E-state index contributed by atoms with van der Waals surface area (Å²) < 4.78 is 2.34. The van der Waals surface area contributed by atoms with Gasteiger partial charge in [-0.15, -0.1) is 34.2 Å². The molecule has 1 aromatic rings. The molecule has 0 amide bonds. The van der Waals surface area contributed by atoms with Gasteiger partial charge in [-0.25, -0.2) is 0 Å². The fourth-order valence-corrected chi connectivity index (χ4v) is 3.06. The molecule has 0 bridgehead atoms. The number of nitrogens with zero attached hydrogens (tertiary/aromatic N) is 5. The Bertz CT molecular complexity index is 499. The Kier molecular flexibility index (Phi) is 10.3. The van der Waals surface area contributed by atoms with Crippen LogP contribution < -0.4 is 5.32 Å². The maximum Gasteiger partial charge on any atom is 0.193 e. The van der Waals surface area contributed by atoms with E-state index in [1.165, 1.54) is 37.9 Å². The van der Waals surface area contributed by atoms with Crippen molar-refractivity contribution in [3.05, 3.63) is 11.6 Å². The molecule has 0 saturated heterocycles. The fraction of sp³-hybridized carbons (Fsp3) is 0.824. The summed E-state index contributed by atoms with van der Waals surface area (Å²) in [4.78, 5) is 6.56. The molecule has 24 heavy (non-hydrogen) atoms. The molecule has 0 radical (unpaired) electrons. The molecule has 7 heteroatoms. The van der Waals surface area contributed by atoms with E-state index in [0.717, 1.165) is 50.7 Å². The summed E-state index contributed by atoms with van der Waals surface area (Å²) in [5.74, 6) is 3.32. The van der Waals surface area contributed by atoms with Crippen LogP contribution in [0, 0.1) is 0 Å². The number of guanidine groups is 1. The van der Waals surface area contributed by atoms with Gasteiger partial charge in [0.05, 0.1) is 0 Å². The normalized spacial score (nSPS) is 14.5. The highest BCUT2D eigenvalue weighted by Crippen LogP contribution is 2.15. The van der Waals surface area contributed by atoms with Gasteiger partial charge in [0.1, 0.15) is 11.6 Å². The zero-order valence-corrected chi connectivity index (χ0v) is 17.8. The Hall–Kier alpha value is -0.860. The maximum atomic E-state index is 4.40. The number of rotatable bonds is 7. The highest BCUT2D eigenvalue weighted by Gasteiger charge is 2.14. The largest absolute Gasteiger partial charge is 0.356 e. The fourth-order valence-electron chi connectivity index (χ4n) is 3.06. The SMILES string of the molecule is CCCCN(C)C(=NC)NCCCc1nnc2n1CCCCC2.I. The van der Waals surface area contributed by atoms with Gasteiger partial charge in [-0.2, -0.15) is 0 Å².